The first-order chi connectivity index (χ1) is 6.58. The van der Waals surface area contributed by atoms with Crippen LogP contribution < -0.4 is 16.8 Å². The lowest BCUT2D eigenvalue weighted by Gasteiger charge is -2.26. The Kier molecular flexibility index (Phi) is 3.95. The third-order valence-electron chi connectivity index (χ3n) is 2.48. The molecule has 4 nitrogen and oxygen atoms in total. The molecule has 1 aliphatic carbocycles. The molecule has 0 aromatic carbocycles. The predicted octanol–water partition coefficient (Wildman–Crippen LogP) is 0.235. The van der Waals surface area contributed by atoms with Gasteiger partial charge in [-0.15, -0.1) is 0 Å². The minimum Gasteiger partial charge on any atom is -0.402 e. The quantitative estimate of drug-likeness (QED) is 0.554. The van der Waals surface area contributed by atoms with Crippen LogP contribution in [0.1, 0.15) is 32.6 Å². The molecule has 5 N–H and O–H groups in total. The Bertz CT molecular complexity index is 226. The average Bonchev–Trinajstić information content (AvgIpc) is 2.07. The Hall–Kier alpha value is -1.03. The largest absolute Gasteiger partial charge is 0.402 e. The zero-order valence-electron chi connectivity index (χ0n) is 8.62. The number of nitrogens with two attached hydrogens (primary N) is 2. The van der Waals surface area contributed by atoms with Gasteiger partial charge >= 0.3 is 0 Å². The van der Waals surface area contributed by atoms with Gasteiger partial charge in [0.1, 0.15) is 0 Å². The highest BCUT2D eigenvalue weighted by Gasteiger charge is 2.19. The van der Waals surface area contributed by atoms with Crippen molar-refractivity contribution in [2.24, 2.45) is 11.5 Å². The van der Waals surface area contributed by atoms with Crippen molar-refractivity contribution in [1.29, 1.82) is 0 Å². The number of allylic oxidation sites excluding steroid dienone is 1. The van der Waals surface area contributed by atoms with E-state index in [2.05, 4.69) is 5.32 Å². The van der Waals surface area contributed by atoms with E-state index in [-0.39, 0.29) is 11.9 Å². The number of hydrogen-bond donors (Lipinski definition) is 3. The molecular formula is C10H19N3O. The molecule has 1 rings (SSSR count). The molecule has 0 aliphatic heterocycles. The number of amides is 1. The van der Waals surface area contributed by atoms with Gasteiger partial charge in [0, 0.05) is 23.9 Å². The average molecular weight is 197 g/mol. The van der Waals surface area contributed by atoms with Gasteiger partial charge in [-0.2, -0.15) is 0 Å². The van der Waals surface area contributed by atoms with Gasteiger partial charge in [0.15, 0.2) is 0 Å². The van der Waals surface area contributed by atoms with Crippen molar-refractivity contribution in [3.63, 3.8) is 0 Å². The molecule has 4 heteroatoms. The van der Waals surface area contributed by atoms with Crippen molar-refractivity contribution in [1.82, 2.24) is 5.32 Å². The van der Waals surface area contributed by atoms with Gasteiger partial charge in [0.05, 0.1) is 0 Å². The molecule has 0 heterocycles. The van der Waals surface area contributed by atoms with Crippen LogP contribution in [0.5, 0.6) is 0 Å². The van der Waals surface area contributed by atoms with Crippen LogP contribution in [-0.4, -0.2) is 18.0 Å². The molecule has 0 saturated heterocycles. The summed E-state index contributed by atoms with van der Waals surface area (Å²) in [5.41, 5.74) is 11.7. The third-order valence-corrected chi connectivity index (χ3v) is 2.48. The van der Waals surface area contributed by atoms with Crippen molar-refractivity contribution in [2.45, 2.75) is 44.7 Å². The standard InChI is InChI=1S/C10H19N3O/c1-7(11)6-10(14)13-9-4-2-8(12)3-5-9/h6,8-9H,2-5,11-12H2,1H3,(H,13,14)/b7-6+. The lowest BCUT2D eigenvalue weighted by Crippen LogP contribution is -2.40. The van der Waals surface area contributed by atoms with Crippen molar-refractivity contribution in [2.75, 3.05) is 0 Å². The second kappa shape index (κ2) is 5.00. The zero-order valence-corrected chi connectivity index (χ0v) is 8.62. The Morgan fingerprint density at radius 3 is 2.43 bits per heavy atom. The topological polar surface area (TPSA) is 81.1 Å². The van der Waals surface area contributed by atoms with Crippen molar-refractivity contribution in [3.05, 3.63) is 11.8 Å². The molecule has 80 valence electrons. The van der Waals surface area contributed by atoms with E-state index < -0.39 is 0 Å². The molecule has 1 aliphatic rings. The zero-order chi connectivity index (χ0) is 10.6. The van der Waals surface area contributed by atoms with E-state index >= 15 is 0 Å². The third kappa shape index (κ3) is 3.79. The Balaban J connectivity index is 2.31. The number of carbonyl (C=O) groups is 1. The van der Waals surface area contributed by atoms with Crippen LogP contribution in [0.15, 0.2) is 11.8 Å². The number of carbonyl (C=O) groups excluding carboxylic acids is 1. The summed E-state index contributed by atoms with van der Waals surface area (Å²) >= 11 is 0. The van der Waals surface area contributed by atoms with Crippen molar-refractivity contribution in [3.8, 4) is 0 Å². The van der Waals surface area contributed by atoms with Gasteiger partial charge in [-0.05, 0) is 32.6 Å². The van der Waals surface area contributed by atoms with Crippen molar-refractivity contribution < 1.29 is 4.79 Å². The minimum atomic E-state index is -0.0922. The summed E-state index contributed by atoms with van der Waals surface area (Å²) in [5, 5.41) is 2.92. The number of rotatable bonds is 2. The highest BCUT2D eigenvalue weighted by Crippen LogP contribution is 2.16. The van der Waals surface area contributed by atoms with Gasteiger partial charge < -0.3 is 16.8 Å². The number of nitrogens with one attached hydrogen (secondary N) is 1. The lowest BCUT2D eigenvalue weighted by atomic mass is 9.92. The van der Waals surface area contributed by atoms with Crippen LogP contribution in [0.25, 0.3) is 0 Å². The maximum Gasteiger partial charge on any atom is 0.245 e. The molecule has 1 saturated carbocycles. The second-order valence-corrected chi connectivity index (χ2v) is 4.01. The molecule has 0 spiro atoms. The highest BCUT2D eigenvalue weighted by atomic mass is 16.1. The fraction of sp³-hybridized carbons (Fsp3) is 0.700. The molecule has 0 unspecified atom stereocenters. The maximum absolute atomic E-state index is 11.3. The smallest absolute Gasteiger partial charge is 0.245 e. The molecule has 0 aromatic heterocycles. The summed E-state index contributed by atoms with van der Waals surface area (Å²) in [6.07, 6.45) is 5.37. The summed E-state index contributed by atoms with van der Waals surface area (Å²) in [7, 11) is 0. The van der Waals surface area contributed by atoms with Crippen LogP contribution in [0.4, 0.5) is 0 Å². The van der Waals surface area contributed by atoms with E-state index in [1.54, 1.807) is 6.92 Å². The van der Waals surface area contributed by atoms with Gasteiger partial charge in [0.25, 0.3) is 0 Å². The molecule has 0 bridgehead atoms. The Morgan fingerprint density at radius 2 is 1.93 bits per heavy atom. The lowest BCUT2D eigenvalue weighted by molar-refractivity contribution is -0.117. The SMILES string of the molecule is C/C(N)=C\C(=O)NC1CCC(N)CC1. The molecule has 14 heavy (non-hydrogen) atoms. The van der Waals surface area contributed by atoms with Crippen molar-refractivity contribution >= 4 is 5.91 Å². The summed E-state index contributed by atoms with van der Waals surface area (Å²) < 4.78 is 0. The van der Waals surface area contributed by atoms with Gasteiger partial charge in [-0.1, -0.05) is 0 Å². The van der Waals surface area contributed by atoms with E-state index in [0.717, 1.165) is 25.7 Å². The van der Waals surface area contributed by atoms with E-state index in [1.807, 2.05) is 0 Å². The van der Waals surface area contributed by atoms with E-state index in [4.69, 9.17) is 11.5 Å². The molecule has 1 fully saturated rings. The predicted molar refractivity (Wildman–Crippen MR) is 56.3 cm³/mol. The summed E-state index contributed by atoms with van der Waals surface area (Å²) in [6.45, 7) is 1.70. The second-order valence-electron chi connectivity index (χ2n) is 4.01. The first-order valence-corrected chi connectivity index (χ1v) is 5.08. The minimum absolute atomic E-state index is 0.0922. The monoisotopic (exact) mass is 197 g/mol. The summed E-state index contributed by atoms with van der Waals surface area (Å²) in [5.74, 6) is -0.0922. The highest BCUT2D eigenvalue weighted by molar-refractivity contribution is 5.88. The Labute approximate surface area is 84.7 Å². The van der Waals surface area contributed by atoms with Crippen LogP contribution in [0, 0.1) is 0 Å². The van der Waals surface area contributed by atoms with Gasteiger partial charge in [0.2, 0.25) is 5.91 Å². The molecule has 1 amide bonds. The van der Waals surface area contributed by atoms with Crippen LogP contribution in [0.3, 0.4) is 0 Å². The van der Waals surface area contributed by atoms with E-state index in [1.165, 1.54) is 6.08 Å². The number of hydrogen-bond acceptors (Lipinski definition) is 3. The first kappa shape index (κ1) is 11.0. The Morgan fingerprint density at radius 1 is 1.36 bits per heavy atom. The summed E-state index contributed by atoms with van der Waals surface area (Å²) in [4.78, 5) is 11.3. The fourth-order valence-electron chi connectivity index (χ4n) is 1.71. The van der Waals surface area contributed by atoms with Crippen LogP contribution >= 0.6 is 0 Å². The van der Waals surface area contributed by atoms with E-state index in [9.17, 15) is 4.79 Å². The first-order valence-electron chi connectivity index (χ1n) is 5.08. The molecule has 0 aromatic rings. The normalized spacial score (nSPS) is 28.6. The van der Waals surface area contributed by atoms with Gasteiger partial charge in [-0.25, -0.2) is 0 Å². The molecule has 0 atom stereocenters. The fourth-order valence-corrected chi connectivity index (χ4v) is 1.71. The van der Waals surface area contributed by atoms with E-state index in [0.29, 0.717) is 11.7 Å². The summed E-state index contributed by atoms with van der Waals surface area (Å²) in [6, 6.07) is 0.591. The van der Waals surface area contributed by atoms with Gasteiger partial charge in [-0.3, -0.25) is 4.79 Å². The van der Waals surface area contributed by atoms with Crippen LogP contribution in [0.2, 0.25) is 0 Å². The van der Waals surface area contributed by atoms with Crippen LogP contribution in [-0.2, 0) is 4.79 Å². The maximum atomic E-state index is 11.3. The molecular weight excluding hydrogens is 178 g/mol. The molecule has 0 radical (unpaired) electrons.